The SMILES string of the molecule is CCCCN1Cn2c(nc(C)c2-c2ccc(OC3CCOCC3)c(F)c2)C1=O. The van der Waals surface area contributed by atoms with E-state index in [1.807, 2.05) is 17.6 Å². The predicted octanol–water partition coefficient (Wildman–Crippen LogP) is 3.77. The minimum Gasteiger partial charge on any atom is -0.487 e. The van der Waals surface area contributed by atoms with Crippen molar-refractivity contribution in [3.8, 4) is 17.0 Å². The summed E-state index contributed by atoms with van der Waals surface area (Å²) in [6, 6.07) is 4.99. The molecule has 6 nitrogen and oxygen atoms in total. The van der Waals surface area contributed by atoms with Gasteiger partial charge in [-0.2, -0.15) is 0 Å². The van der Waals surface area contributed by atoms with Crippen LogP contribution in [0.1, 0.15) is 48.9 Å². The zero-order valence-corrected chi connectivity index (χ0v) is 16.4. The number of carbonyl (C=O) groups is 1. The number of hydrogen-bond donors (Lipinski definition) is 0. The standard InChI is InChI=1S/C21H26FN3O3/c1-3-4-9-24-13-25-19(14(2)23-20(25)21(24)26)15-5-6-18(17(22)12-15)28-16-7-10-27-11-8-16/h5-6,12,16H,3-4,7-11,13H2,1-2H3. The first-order valence-corrected chi connectivity index (χ1v) is 9.99. The van der Waals surface area contributed by atoms with Crippen molar-refractivity contribution in [2.45, 2.75) is 52.3 Å². The van der Waals surface area contributed by atoms with Crippen LogP contribution in [0, 0.1) is 12.7 Å². The minimum absolute atomic E-state index is 0.0141. The summed E-state index contributed by atoms with van der Waals surface area (Å²) in [6.07, 6.45) is 3.51. The van der Waals surface area contributed by atoms with Crippen LogP contribution in [-0.4, -0.2) is 46.2 Å². The van der Waals surface area contributed by atoms with Gasteiger partial charge in [-0.15, -0.1) is 0 Å². The summed E-state index contributed by atoms with van der Waals surface area (Å²) in [7, 11) is 0. The molecule has 28 heavy (non-hydrogen) atoms. The summed E-state index contributed by atoms with van der Waals surface area (Å²) < 4.78 is 27.8. The highest BCUT2D eigenvalue weighted by molar-refractivity contribution is 5.94. The van der Waals surface area contributed by atoms with Crippen LogP contribution in [0.15, 0.2) is 18.2 Å². The van der Waals surface area contributed by atoms with E-state index in [-0.39, 0.29) is 17.8 Å². The molecule has 7 heteroatoms. The molecule has 4 rings (SSSR count). The number of aryl methyl sites for hydroxylation is 1. The average molecular weight is 387 g/mol. The van der Waals surface area contributed by atoms with E-state index in [0.717, 1.165) is 37.1 Å². The maximum atomic E-state index is 14.7. The molecule has 1 aromatic heterocycles. The number of imidazole rings is 1. The van der Waals surface area contributed by atoms with Crippen LogP contribution in [0.25, 0.3) is 11.3 Å². The van der Waals surface area contributed by atoms with Crippen LogP contribution in [-0.2, 0) is 11.4 Å². The fraction of sp³-hybridized carbons (Fsp3) is 0.524. The van der Waals surface area contributed by atoms with E-state index in [4.69, 9.17) is 9.47 Å². The minimum atomic E-state index is -0.397. The number of benzene rings is 1. The van der Waals surface area contributed by atoms with Gasteiger partial charge in [0.2, 0.25) is 5.82 Å². The molecule has 2 aliphatic rings. The molecule has 2 aliphatic heterocycles. The van der Waals surface area contributed by atoms with Crippen molar-refractivity contribution in [1.82, 2.24) is 14.5 Å². The molecule has 1 saturated heterocycles. The lowest BCUT2D eigenvalue weighted by molar-refractivity contribution is 0.0240. The van der Waals surface area contributed by atoms with E-state index in [1.54, 1.807) is 11.0 Å². The summed E-state index contributed by atoms with van der Waals surface area (Å²) in [5.41, 5.74) is 2.23. The number of halogens is 1. The fourth-order valence-corrected chi connectivity index (χ4v) is 3.85. The largest absolute Gasteiger partial charge is 0.487 e. The van der Waals surface area contributed by atoms with Gasteiger partial charge in [0.15, 0.2) is 11.6 Å². The summed E-state index contributed by atoms with van der Waals surface area (Å²) >= 11 is 0. The van der Waals surface area contributed by atoms with Crippen LogP contribution in [0.3, 0.4) is 0 Å². The summed E-state index contributed by atoms with van der Waals surface area (Å²) in [5, 5.41) is 0. The van der Waals surface area contributed by atoms with Crippen molar-refractivity contribution in [3.63, 3.8) is 0 Å². The zero-order chi connectivity index (χ0) is 19.7. The number of hydrogen-bond acceptors (Lipinski definition) is 4. The molecule has 0 bridgehead atoms. The molecule has 0 atom stereocenters. The quantitative estimate of drug-likeness (QED) is 0.757. The molecule has 3 heterocycles. The molecule has 0 unspecified atom stereocenters. The Morgan fingerprint density at radius 2 is 2.11 bits per heavy atom. The van der Waals surface area contributed by atoms with Crippen molar-refractivity contribution in [2.75, 3.05) is 19.8 Å². The van der Waals surface area contributed by atoms with Gasteiger partial charge >= 0.3 is 0 Å². The molecule has 1 aromatic carbocycles. The average Bonchev–Trinajstić information content (AvgIpc) is 3.17. The van der Waals surface area contributed by atoms with Crippen LogP contribution in [0.2, 0.25) is 0 Å². The zero-order valence-electron chi connectivity index (χ0n) is 16.4. The summed E-state index contributed by atoms with van der Waals surface area (Å²) in [5.74, 6) is 0.246. The molecule has 0 spiro atoms. The molecule has 0 aliphatic carbocycles. The lowest BCUT2D eigenvalue weighted by Gasteiger charge is -2.23. The number of amides is 1. The summed E-state index contributed by atoms with van der Waals surface area (Å²) in [6.45, 7) is 6.42. The number of ether oxygens (including phenoxy) is 2. The fourth-order valence-electron chi connectivity index (χ4n) is 3.85. The maximum absolute atomic E-state index is 14.7. The smallest absolute Gasteiger partial charge is 0.291 e. The van der Waals surface area contributed by atoms with Crippen LogP contribution < -0.4 is 4.74 Å². The van der Waals surface area contributed by atoms with Gasteiger partial charge in [0.25, 0.3) is 5.91 Å². The van der Waals surface area contributed by atoms with Crippen molar-refractivity contribution >= 4 is 5.91 Å². The monoisotopic (exact) mass is 387 g/mol. The Hall–Kier alpha value is -2.41. The van der Waals surface area contributed by atoms with E-state index in [0.29, 0.717) is 37.8 Å². The Bertz CT molecular complexity index is 874. The Balaban J connectivity index is 1.58. The van der Waals surface area contributed by atoms with Gasteiger partial charge in [-0.05, 0) is 31.5 Å². The number of aromatic nitrogens is 2. The van der Waals surface area contributed by atoms with E-state index in [2.05, 4.69) is 11.9 Å². The van der Waals surface area contributed by atoms with Crippen molar-refractivity contribution in [1.29, 1.82) is 0 Å². The highest BCUT2D eigenvalue weighted by Crippen LogP contribution is 2.32. The van der Waals surface area contributed by atoms with Crippen LogP contribution >= 0.6 is 0 Å². The second-order valence-electron chi connectivity index (χ2n) is 7.44. The molecular formula is C21H26FN3O3. The van der Waals surface area contributed by atoms with Gasteiger partial charge in [0, 0.05) is 24.9 Å². The Kier molecular flexibility index (Phi) is 5.35. The molecule has 150 valence electrons. The lowest BCUT2D eigenvalue weighted by atomic mass is 10.1. The predicted molar refractivity (Wildman–Crippen MR) is 103 cm³/mol. The first-order chi connectivity index (χ1) is 13.6. The van der Waals surface area contributed by atoms with Crippen molar-refractivity contribution in [2.24, 2.45) is 0 Å². The van der Waals surface area contributed by atoms with E-state index >= 15 is 0 Å². The molecule has 0 radical (unpaired) electrons. The number of carbonyl (C=O) groups excluding carboxylic acids is 1. The van der Waals surface area contributed by atoms with E-state index < -0.39 is 5.82 Å². The third-order valence-corrected chi connectivity index (χ3v) is 5.38. The number of fused-ring (bicyclic) bond motifs is 1. The Morgan fingerprint density at radius 3 is 2.82 bits per heavy atom. The normalized spacial score (nSPS) is 17.2. The maximum Gasteiger partial charge on any atom is 0.291 e. The summed E-state index contributed by atoms with van der Waals surface area (Å²) in [4.78, 5) is 18.8. The molecule has 0 N–H and O–H groups in total. The van der Waals surface area contributed by atoms with E-state index in [9.17, 15) is 9.18 Å². The second kappa shape index (κ2) is 7.91. The third-order valence-electron chi connectivity index (χ3n) is 5.38. The van der Waals surface area contributed by atoms with E-state index in [1.165, 1.54) is 6.07 Å². The van der Waals surface area contributed by atoms with Gasteiger partial charge in [-0.25, -0.2) is 9.37 Å². The molecular weight excluding hydrogens is 361 g/mol. The topological polar surface area (TPSA) is 56.6 Å². The molecule has 2 aromatic rings. The number of unbranched alkanes of at least 4 members (excludes halogenated alkanes) is 1. The van der Waals surface area contributed by atoms with Gasteiger partial charge in [0.05, 0.1) is 31.3 Å². The lowest BCUT2D eigenvalue weighted by Crippen LogP contribution is -2.26. The van der Waals surface area contributed by atoms with Gasteiger partial charge < -0.3 is 18.9 Å². The third kappa shape index (κ3) is 3.51. The molecule has 1 amide bonds. The van der Waals surface area contributed by atoms with Crippen molar-refractivity contribution in [3.05, 3.63) is 35.5 Å². The molecule has 0 saturated carbocycles. The highest BCUT2D eigenvalue weighted by atomic mass is 19.1. The van der Waals surface area contributed by atoms with Gasteiger partial charge in [-0.3, -0.25) is 4.79 Å². The second-order valence-corrected chi connectivity index (χ2v) is 7.44. The number of nitrogens with zero attached hydrogens (tertiary/aromatic N) is 3. The highest BCUT2D eigenvalue weighted by Gasteiger charge is 2.32. The van der Waals surface area contributed by atoms with Crippen LogP contribution in [0.4, 0.5) is 4.39 Å². The first-order valence-electron chi connectivity index (χ1n) is 9.99. The molecule has 1 fully saturated rings. The van der Waals surface area contributed by atoms with Gasteiger partial charge in [-0.1, -0.05) is 13.3 Å². The van der Waals surface area contributed by atoms with Crippen molar-refractivity contribution < 1.29 is 18.7 Å². The Labute approximate surface area is 164 Å². The van der Waals surface area contributed by atoms with Gasteiger partial charge in [0.1, 0.15) is 6.10 Å². The first kappa shape index (κ1) is 18.9. The van der Waals surface area contributed by atoms with Crippen LogP contribution in [0.5, 0.6) is 5.75 Å². The Morgan fingerprint density at radius 1 is 1.32 bits per heavy atom. The number of rotatable bonds is 6.